The number of nitrogens with zero attached hydrogens (tertiary/aromatic N) is 1. The topological polar surface area (TPSA) is 3.24 Å². The third-order valence-corrected chi connectivity index (χ3v) is 16.0. The van der Waals surface area contributed by atoms with Crippen LogP contribution < -0.4 is 4.90 Å². The van der Waals surface area contributed by atoms with Crippen LogP contribution in [0.2, 0.25) is 0 Å². The Hall–Kier alpha value is -9.22. The summed E-state index contributed by atoms with van der Waals surface area (Å²) < 4.78 is 0. The number of aryl methyl sites for hydroxylation is 1. The number of hydrogen-bond donors (Lipinski definition) is 0. The Labute approximate surface area is 498 Å². The molecule has 0 fully saturated rings. The Kier molecular flexibility index (Phi) is 21.3. The highest BCUT2D eigenvalue weighted by Crippen LogP contribution is 2.59. The van der Waals surface area contributed by atoms with E-state index in [0.29, 0.717) is 5.92 Å². The van der Waals surface area contributed by atoms with Crippen LogP contribution in [0.1, 0.15) is 106 Å². The summed E-state index contributed by atoms with van der Waals surface area (Å²) in [6.45, 7) is 19.4. The van der Waals surface area contributed by atoms with Gasteiger partial charge in [0.05, 0.1) is 5.41 Å². The molecule has 0 amide bonds. The summed E-state index contributed by atoms with van der Waals surface area (Å²) in [5, 5.41) is 0. The Balaban J connectivity index is 0.000000384. The number of terminal acetylenes is 1. The van der Waals surface area contributed by atoms with Crippen molar-refractivity contribution in [1.82, 2.24) is 0 Å². The van der Waals surface area contributed by atoms with E-state index >= 15 is 0 Å². The zero-order chi connectivity index (χ0) is 58.6. The van der Waals surface area contributed by atoms with E-state index in [1.807, 2.05) is 32.0 Å². The lowest BCUT2D eigenvalue weighted by Gasteiger charge is -2.34. The van der Waals surface area contributed by atoms with Gasteiger partial charge < -0.3 is 4.90 Å². The maximum atomic E-state index is 4.34. The molecule has 0 heterocycles. The highest BCUT2D eigenvalue weighted by molar-refractivity contribution is 5.96. The second-order valence-corrected chi connectivity index (χ2v) is 21.2. The summed E-state index contributed by atoms with van der Waals surface area (Å²) in [6, 6.07) is 84.3. The summed E-state index contributed by atoms with van der Waals surface area (Å²) in [5.41, 5.74) is 23.1. The SMILES string of the molecule is C#C.C=C(/C=C\CC)c1ccc(N(c2ccc(C3=CC=CCC3C)cc2)c2ccc(-c3ccc4c(c3)C(c3ccccc3)(c3ccccc3)c3cccc(-c5ccccc5)c3-4)cc2)cc1.CC.CCC1=CC=CCC1C.Cc1ccccc1. The molecule has 12 rings (SSSR count). The van der Waals surface area contributed by atoms with Crippen LogP contribution >= 0.6 is 0 Å². The van der Waals surface area contributed by atoms with Gasteiger partial charge in [-0.25, -0.2) is 0 Å². The number of hydrogen-bond acceptors (Lipinski definition) is 1. The number of allylic oxidation sites excluding steroid dienone is 11. The molecule has 0 saturated carbocycles. The minimum absolute atomic E-state index is 0.497. The molecule has 2 unspecified atom stereocenters. The highest BCUT2D eigenvalue weighted by Gasteiger charge is 2.47. The van der Waals surface area contributed by atoms with Gasteiger partial charge in [0.2, 0.25) is 0 Å². The molecule has 3 aliphatic carbocycles. The Morgan fingerprint density at radius 1 is 0.518 bits per heavy atom. The molecule has 0 aromatic heterocycles. The van der Waals surface area contributed by atoms with Gasteiger partial charge in [-0.3, -0.25) is 0 Å². The molecule has 3 aliphatic rings. The van der Waals surface area contributed by atoms with Crippen molar-refractivity contribution in [3.8, 4) is 46.2 Å². The third-order valence-electron chi connectivity index (χ3n) is 16.0. The van der Waals surface area contributed by atoms with E-state index in [-0.39, 0.29) is 0 Å². The van der Waals surface area contributed by atoms with Crippen molar-refractivity contribution in [2.24, 2.45) is 11.8 Å². The second-order valence-electron chi connectivity index (χ2n) is 21.2. The van der Waals surface area contributed by atoms with Gasteiger partial charge in [0.15, 0.2) is 0 Å². The van der Waals surface area contributed by atoms with E-state index in [4.69, 9.17) is 0 Å². The fourth-order valence-electron chi connectivity index (χ4n) is 11.7. The highest BCUT2D eigenvalue weighted by atomic mass is 15.1. The lowest BCUT2D eigenvalue weighted by molar-refractivity contribution is 0.660. The summed E-state index contributed by atoms with van der Waals surface area (Å²) in [6.07, 6.45) is 30.1. The molecular formula is C82H81N. The molecular weight excluding hydrogens is 999 g/mol. The Morgan fingerprint density at radius 2 is 1.02 bits per heavy atom. The van der Waals surface area contributed by atoms with Crippen LogP contribution in [-0.2, 0) is 5.41 Å². The molecule has 0 bridgehead atoms. The van der Waals surface area contributed by atoms with Crippen LogP contribution in [0.15, 0.2) is 291 Å². The lowest BCUT2D eigenvalue weighted by atomic mass is 9.67. The minimum Gasteiger partial charge on any atom is -0.311 e. The largest absolute Gasteiger partial charge is 0.311 e. The first kappa shape index (κ1) is 59.9. The van der Waals surface area contributed by atoms with E-state index in [1.165, 1.54) is 85.2 Å². The van der Waals surface area contributed by atoms with Crippen molar-refractivity contribution in [1.29, 1.82) is 0 Å². The molecule has 0 radical (unpaired) electrons. The molecule has 2 atom stereocenters. The standard InChI is InChI=1S/C62H51N.C9H14.C7H8.C2H6.C2H2/c1-4-5-18-44(2)46-29-36-53(37-30-46)63(55-40-33-49(34-41-55)56-26-16-15-19-45(56)3)54-38-31-47(32-39-54)50-35-42-58-60(43-50)62(51-22-11-7-12-23-51,52-24-13-8-14-25-52)59-28-17-27-57(61(58)59)48-20-9-6-10-21-48;1-3-9-7-5-4-6-8(9)2;1-7-5-3-2-4-6-7;2*1-2/h5-18,20-43,45H,2,4,19H2,1,3H3;4-5,7-8H,3,6H2,1-2H3;2-6H,1H3;1-2H3;1-2H/b18-5-;;;;. The summed E-state index contributed by atoms with van der Waals surface area (Å²) in [4.78, 5) is 2.36. The van der Waals surface area contributed by atoms with Gasteiger partial charge in [-0.2, -0.15) is 0 Å². The second kappa shape index (κ2) is 29.5. The zero-order valence-corrected chi connectivity index (χ0v) is 49.9. The molecule has 1 heteroatoms. The smallest absolute Gasteiger partial charge is 0.0714 e. The monoisotopic (exact) mass is 1080 g/mol. The molecule has 0 saturated heterocycles. The van der Waals surface area contributed by atoms with Crippen LogP contribution in [-0.4, -0.2) is 0 Å². The predicted octanol–water partition coefficient (Wildman–Crippen LogP) is 23.0. The zero-order valence-electron chi connectivity index (χ0n) is 49.9. The van der Waals surface area contributed by atoms with Gasteiger partial charge in [-0.1, -0.05) is 296 Å². The fourth-order valence-corrected chi connectivity index (χ4v) is 11.7. The van der Waals surface area contributed by atoms with Gasteiger partial charge in [-0.15, -0.1) is 12.8 Å². The maximum absolute atomic E-state index is 4.34. The van der Waals surface area contributed by atoms with Crippen LogP contribution in [0.3, 0.4) is 0 Å². The fraction of sp³-hybridized carbons (Fsp3) is 0.171. The molecule has 83 heavy (non-hydrogen) atoms. The third kappa shape index (κ3) is 13.6. The van der Waals surface area contributed by atoms with E-state index in [9.17, 15) is 0 Å². The van der Waals surface area contributed by atoms with E-state index in [2.05, 4.69) is 320 Å². The normalized spacial score (nSPS) is 14.9. The lowest BCUT2D eigenvalue weighted by Crippen LogP contribution is -2.28. The van der Waals surface area contributed by atoms with E-state index < -0.39 is 5.41 Å². The van der Waals surface area contributed by atoms with Gasteiger partial charge in [0.25, 0.3) is 0 Å². The predicted molar refractivity (Wildman–Crippen MR) is 362 cm³/mol. The molecule has 9 aromatic carbocycles. The van der Waals surface area contributed by atoms with Crippen LogP contribution in [0.4, 0.5) is 17.1 Å². The minimum atomic E-state index is -0.511. The quantitative estimate of drug-likeness (QED) is 0.0871. The van der Waals surface area contributed by atoms with Gasteiger partial charge in [0.1, 0.15) is 0 Å². The first-order valence-corrected chi connectivity index (χ1v) is 29.8. The summed E-state index contributed by atoms with van der Waals surface area (Å²) >= 11 is 0. The van der Waals surface area contributed by atoms with E-state index in [0.717, 1.165) is 47.0 Å². The summed E-state index contributed by atoms with van der Waals surface area (Å²) in [7, 11) is 0. The van der Waals surface area contributed by atoms with Crippen molar-refractivity contribution in [2.75, 3.05) is 4.90 Å². The summed E-state index contributed by atoms with van der Waals surface area (Å²) in [5.74, 6) is 1.29. The average molecular weight is 1080 g/mol. The number of anilines is 3. The van der Waals surface area contributed by atoms with Crippen molar-refractivity contribution in [3.63, 3.8) is 0 Å². The Morgan fingerprint density at radius 3 is 1.53 bits per heavy atom. The maximum Gasteiger partial charge on any atom is 0.0714 e. The molecule has 0 spiro atoms. The van der Waals surface area contributed by atoms with Crippen molar-refractivity contribution in [3.05, 3.63) is 330 Å². The number of benzene rings is 9. The van der Waals surface area contributed by atoms with Crippen molar-refractivity contribution < 1.29 is 0 Å². The van der Waals surface area contributed by atoms with Gasteiger partial charge >= 0.3 is 0 Å². The number of rotatable bonds is 12. The number of fused-ring (bicyclic) bond motifs is 3. The molecule has 9 aromatic rings. The molecule has 0 N–H and O–H groups in total. The van der Waals surface area contributed by atoms with Crippen LogP contribution in [0.5, 0.6) is 0 Å². The molecule has 0 aliphatic heterocycles. The van der Waals surface area contributed by atoms with Crippen LogP contribution in [0.25, 0.3) is 44.5 Å². The van der Waals surface area contributed by atoms with E-state index in [1.54, 1.807) is 5.57 Å². The molecule has 414 valence electrons. The Bertz CT molecular complexity index is 3640. The first-order chi connectivity index (χ1) is 40.8. The van der Waals surface area contributed by atoms with Gasteiger partial charge in [-0.05, 0) is 165 Å². The van der Waals surface area contributed by atoms with Crippen LogP contribution in [0, 0.1) is 31.6 Å². The van der Waals surface area contributed by atoms with Crippen molar-refractivity contribution >= 4 is 28.2 Å². The molecule has 1 nitrogen and oxygen atoms in total. The average Bonchev–Trinajstić information content (AvgIpc) is 1.67. The first-order valence-electron chi connectivity index (χ1n) is 29.8. The van der Waals surface area contributed by atoms with Crippen molar-refractivity contribution in [2.45, 2.75) is 79.6 Å². The van der Waals surface area contributed by atoms with Gasteiger partial charge in [0, 0.05) is 17.1 Å².